The predicted molar refractivity (Wildman–Crippen MR) is 153 cm³/mol. The lowest BCUT2D eigenvalue weighted by atomic mass is 9.91. The molecule has 0 spiro atoms. The highest BCUT2D eigenvalue weighted by Crippen LogP contribution is 2.44. The summed E-state index contributed by atoms with van der Waals surface area (Å²) in [5.41, 5.74) is 2.79. The van der Waals surface area contributed by atoms with Gasteiger partial charge < -0.3 is 23.8 Å². The van der Waals surface area contributed by atoms with Gasteiger partial charge in [0.2, 0.25) is 0 Å². The zero-order chi connectivity index (χ0) is 27.3. The minimum atomic E-state index is -2.10. The average Bonchev–Trinajstić information content (AvgIpc) is 2.69. The molecule has 1 saturated heterocycles. The largest absolute Gasteiger partial charge is 0.413 e. The van der Waals surface area contributed by atoms with Crippen LogP contribution < -0.4 is 0 Å². The molecule has 0 bridgehead atoms. The Morgan fingerprint density at radius 3 is 1.09 bits per heavy atom. The summed E-state index contributed by atoms with van der Waals surface area (Å²) in [4.78, 5) is 0. The van der Waals surface area contributed by atoms with Crippen LogP contribution in [0.5, 0.6) is 0 Å². The fourth-order valence-corrected chi connectivity index (χ4v) is 18.3. The van der Waals surface area contributed by atoms with Gasteiger partial charge in [0.15, 0.2) is 16.6 Å². The monoisotopic (exact) mass is 532 g/mol. The van der Waals surface area contributed by atoms with E-state index in [1.165, 1.54) is 0 Å². The van der Waals surface area contributed by atoms with Gasteiger partial charge >= 0.3 is 0 Å². The first-order chi connectivity index (χ1) is 16.0. The van der Waals surface area contributed by atoms with Crippen molar-refractivity contribution >= 4 is 16.6 Å². The van der Waals surface area contributed by atoms with Crippen LogP contribution in [0.3, 0.4) is 0 Å². The molecule has 35 heavy (non-hydrogen) atoms. The molecule has 0 radical (unpaired) electrons. The van der Waals surface area contributed by atoms with Crippen LogP contribution >= 0.6 is 0 Å². The van der Waals surface area contributed by atoms with E-state index in [0.29, 0.717) is 59.3 Å². The molecule has 0 aromatic heterocycles. The van der Waals surface area contributed by atoms with E-state index in [1.807, 2.05) is 0 Å². The van der Waals surface area contributed by atoms with Crippen LogP contribution in [0.15, 0.2) is 0 Å². The molecule has 7 heteroatoms. The first-order valence-electron chi connectivity index (χ1n) is 14.3. The van der Waals surface area contributed by atoms with Crippen LogP contribution in [0.1, 0.15) is 103 Å². The Kier molecular flexibility index (Phi) is 13.2. The molecule has 1 unspecified atom stereocenters. The molecule has 0 aromatic rings. The quantitative estimate of drug-likeness (QED) is 0.259. The second-order valence-corrected chi connectivity index (χ2v) is 24.1. The van der Waals surface area contributed by atoms with Gasteiger partial charge in [-0.25, -0.2) is 0 Å². The van der Waals surface area contributed by atoms with Crippen molar-refractivity contribution in [2.24, 2.45) is 5.92 Å². The summed E-state index contributed by atoms with van der Waals surface area (Å²) in [6.45, 7) is 30.2. The molecule has 0 aromatic carbocycles. The number of aliphatic hydroxyl groups is 2. The first kappa shape index (κ1) is 33.3. The minimum Gasteiger partial charge on any atom is -0.413 e. The normalized spacial score (nSPS) is 27.5. The molecule has 1 fully saturated rings. The van der Waals surface area contributed by atoms with Gasteiger partial charge in [0.1, 0.15) is 12.2 Å². The third-order valence-electron chi connectivity index (χ3n) is 8.91. The molecule has 5 atom stereocenters. The molecular weight excluding hydrogens is 472 g/mol. The molecule has 1 rings (SSSR count). The van der Waals surface area contributed by atoms with Gasteiger partial charge in [0, 0.05) is 0 Å². The summed E-state index contributed by atoms with van der Waals surface area (Å²) < 4.78 is 20.2. The van der Waals surface area contributed by atoms with Crippen LogP contribution in [-0.4, -0.2) is 64.5 Å². The fraction of sp³-hybridized carbons (Fsp3) is 1.00. The molecule has 1 aliphatic heterocycles. The second-order valence-electron chi connectivity index (χ2n) is 13.2. The Morgan fingerprint density at radius 2 is 0.857 bits per heavy atom. The Labute approximate surface area is 220 Å². The summed E-state index contributed by atoms with van der Waals surface area (Å²) in [6.07, 6.45) is -0.919. The number of ether oxygens (including phenoxy) is 1. The Hall–Kier alpha value is 0.234. The van der Waals surface area contributed by atoms with Crippen molar-refractivity contribution in [3.05, 3.63) is 0 Å². The van der Waals surface area contributed by atoms with E-state index in [-0.39, 0.29) is 5.92 Å². The van der Waals surface area contributed by atoms with Crippen LogP contribution in [0.4, 0.5) is 0 Å². The van der Waals surface area contributed by atoms with E-state index in [0.717, 1.165) is 0 Å². The zero-order valence-electron chi connectivity index (χ0n) is 25.3. The predicted octanol–water partition coefficient (Wildman–Crippen LogP) is 7.28. The van der Waals surface area contributed by atoms with E-state index in [1.54, 1.807) is 0 Å². The van der Waals surface area contributed by atoms with Crippen molar-refractivity contribution in [2.75, 3.05) is 13.2 Å². The highest BCUT2D eigenvalue weighted by Gasteiger charge is 2.48. The maximum absolute atomic E-state index is 11.2. The van der Waals surface area contributed by atoms with Gasteiger partial charge in [-0.1, -0.05) is 90.0 Å². The maximum Gasteiger partial charge on any atom is 0.200 e. The summed E-state index contributed by atoms with van der Waals surface area (Å²) in [5.74, 6) is 0.207. The minimum absolute atomic E-state index is 0.207. The van der Waals surface area contributed by atoms with E-state index in [2.05, 4.69) is 90.0 Å². The summed E-state index contributed by atoms with van der Waals surface area (Å²) in [7, 11) is -4.19. The molecule has 0 aliphatic carbocycles. The number of rotatable bonds is 12. The first-order valence-corrected chi connectivity index (χ1v) is 18.6. The Balaban J connectivity index is 3.20. The summed E-state index contributed by atoms with van der Waals surface area (Å²) in [6, 6.07) is 0. The standard InChI is InChI=1S/C28H60O5Si2/c1-18(2)34(19(3)4,20(5)6)31-16-27-25(29)14-24(13)15-26(30)28(33-27)17-32-35(21(7)8,22(9)10)23(11)12/h18-30H,14-17H2,1-13H3/t24?,25-,26+,27+,28-. The van der Waals surface area contributed by atoms with Gasteiger partial charge in [0.25, 0.3) is 0 Å². The molecule has 2 N–H and O–H groups in total. The highest BCUT2D eigenvalue weighted by atomic mass is 28.4. The summed E-state index contributed by atoms with van der Waals surface area (Å²) in [5, 5.41) is 22.3. The van der Waals surface area contributed by atoms with Gasteiger partial charge in [-0.05, 0) is 52.0 Å². The van der Waals surface area contributed by atoms with Gasteiger partial charge in [-0.2, -0.15) is 0 Å². The molecule has 5 nitrogen and oxygen atoms in total. The van der Waals surface area contributed by atoms with E-state index >= 15 is 0 Å². The lowest BCUT2D eigenvalue weighted by Crippen LogP contribution is -2.54. The third-order valence-corrected chi connectivity index (χ3v) is 21.1. The van der Waals surface area contributed by atoms with Crippen molar-refractivity contribution < 1.29 is 23.8 Å². The molecule has 1 heterocycles. The van der Waals surface area contributed by atoms with E-state index in [9.17, 15) is 10.2 Å². The molecule has 0 saturated carbocycles. The van der Waals surface area contributed by atoms with Crippen molar-refractivity contribution in [1.29, 1.82) is 0 Å². The van der Waals surface area contributed by atoms with Gasteiger partial charge in [-0.15, -0.1) is 0 Å². The van der Waals surface area contributed by atoms with E-state index < -0.39 is 41.1 Å². The average molecular weight is 533 g/mol. The second kappa shape index (κ2) is 13.9. The smallest absolute Gasteiger partial charge is 0.200 e. The lowest BCUT2D eigenvalue weighted by molar-refractivity contribution is -0.158. The number of hydrogen-bond acceptors (Lipinski definition) is 5. The molecule has 0 amide bonds. The van der Waals surface area contributed by atoms with Crippen LogP contribution in [0, 0.1) is 5.92 Å². The van der Waals surface area contributed by atoms with Gasteiger partial charge in [-0.3, -0.25) is 0 Å². The topological polar surface area (TPSA) is 68.2 Å². The Bertz CT molecular complexity index is 515. The number of hydrogen-bond donors (Lipinski definition) is 2. The fourth-order valence-electron chi connectivity index (χ4n) is 7.38. The Morgan fingerprint density at radius 1 is 0.600 bits per heavy atom. The highest BCUT2D eigenvalue weighted by molar-refractivity contribution is 6.78. The summed E-state index contributed by atoms with van der Waals surface area (Å²) >= 11 is 0. The van der Waals surface area contributed by atoms with Crippen LogP contribution in [-0.2, 0) is 13.6 Å². The zero-order valence-corrected chi connectivity index (χ0v) is 27.3. The van der Waals surface area contributed by atoms with E-state index in [4.69, 9.17) is 13.6 Å². The third kappa shape index (κ3) is 7.64. The number of aliphatic hydroxyl groups excluding tert-OH is 2. The van der Waals surface area contributed by atoms with Gasteiger partial charge in [0.05, 0.1) is 25.4 Å². The maximum atomic E-state index is 11.2. The molecular formula is C28H60O5Si2. The molecule has 1 aliphatic rings. The van der Waals surface area contributed by atoms with Crippen molar-refractivity contribution in [3.63, 3.8) is 0 Å². The van der Waals surface area contributed by atoms with Crippen LogP contribution in [0.25, 0.3) is 0 Å². The SMILES string of the molecule is CC1C[C@@H](O)[C@H](CO[Si](C(C)C)(C(C)C)C(C)C)O[C@H](CO[Si](C(C)C)(C(C)C)C(C)C)[C@@H](O)C1. The van der Waals surface area contributed by atoms with Crippen molar-refractivity contribution in [3.8, 4) is 0 Å². The molecule has 210 valence electrons. The van der Waals surface area contributed by atoms with Crippen molar-refractivity contribution in [2.45, 2.75) is 161 Å². The van der Waals surface area contributed by atoms with Crippen molar-refractivity contribution in [1.82, 2.24) is 0 Å². The lowest BCUT2D eigenvalue weighted by Gasteiger charge is -2.45. The van der Waals surface area contributed by atoms with Crippen LogP contribution in [0.2, 0.25) is 33.2 Å².